The lowest BCUT2D eigenvalue weighted by Crippen LogP contribution is -2.31. The van der Waals surface area contributed by atoms with Crippen LogP contribution in [0.25, 0.3) is 0 Å². The fourth-order valence-corrected chi connectivity index (χ4v) is 2.09. The monoisotopic (exact) mass is 295 g/mol. The molecule has 1 unspecified atom stereocenters. The second-order valence-electron chi connectivity index (χ2n) is 5.03. The van der Waals surface area contributed by atoms with E-state index in [9.17, 15) is 19.2 Å². The summed E-state index contributed by atoms with van der Waals surface area (Å²) in [4.78, 5) is 50.3. The summed E-state index contributed by atoms with van der Waals surface area (Å²) in [7, 11) is 1.32. The van der Waals surface area contributed by atoms with Gasteiger partial charge in [-0.15, -0.1) is 0 Å². The highest BCUT2D eigenvalue weighted by atomic mass is 16.7. The minimum Gasteiger partial charge on any atom is -0.338 e. The Hall–Kier alpha value is -1.98. The van der Waals surface area contributed by atoms with Crippen molar-refractivity contribution < 1.29 is 24.0 Å². The zero-order valence-electron chi connectivity index (χ0n) is 12.2. The van der Waals surface area contributed by atoms with E-state index in [1.165, 1.54) is 7.05 Å². The molecule has 6 heteroatoms. The van der Waals surface area contributed by atoms with Crippen LogP contribution in [0.3, 0.4) is 0 Å². The third kappa shape index (κ3) is 6.33. The number of allylic oxidation sites excluding steroid dienone is 2. The topological polar surface area (TPSA) is 80.8 Å². The molecule has 0 aromatic heterocycles. The number of amides is 1. The molecule has 0 bridgehead atoms. The number of nitrogens with zero attached hydrogens (tertiary/aromatic N) is 1. The first-order chi connectivity index (χ1) is 10.0. The molecule has 0 radical (unpaired) electrons. The van der Waals surface area contributed by atoms with Crippen LogP contribution in [0, 0.1) is 5.92 Å². The Labute approximate surface area is 124 Å². The van der Waals surface area contributed by atoms with Crippen molar-refractivity contribution in [1.82, 2.24) is 5.06 Å². The van der Waals surface area contributed by atoms with Crippen molar-refractivity contribution in [3.05, 3.63) is 12.2 Å². The van der Waals surface area contributed by atoms with Gasteiger partial charge >= 0.3 is 5.97 Å². The zero-order chi connectivity index (χ0) is 15.7. The van der Waals surface area contributed by atoms with Gasteiger partial charge in [-0.3, -0.25) is 9.59 Å². The molecule has 1 amide bonds. The molecular weight excluding hydrogens is 274 g/mol. The Morgan fingerprint density at radius 2 is 2.19 bits per heavy atom. The van der Waals surface area contributed by atoms with Gasteiger partial charge in [0.15, 0.2) is 0 Å². The number of hydrogen-bond donors (Lipinski definition) is 0. The first-order valence-corrected chi connectivity index (χ1v) is 7.13. The van der Waals surface area contributed by atoms with Crippen molar-refractivity contribution in [2.45, 2.75) is 44.9 Å². The highest BCUT2D eigenvalue weighted by Crippen LogP contribution is 2.19. The lowest BCUT2D eigenvalue weighted by Gasteiger charge is -2.18. The van der Waals surface area contributed by atoms with Gasteiger partial charge in [0.25, 0.3) is 5.91 Å². The third-order valence-electron chi connectivity index (χ3n) is 3.32. The van der Waals surface area contributed by atoms with Crippen LogP contribution in [-0.4, -0.2) is 36.1 Å². The van der Waals surface area contributed by atoms with Gasteiger partial charge in [0.2, 0.25) is 0 Å². The molecule has 1 rings (SSSR count). The highest BCUT2D eigenvalue weighted by Gasteiger charge is 2.23. The van der Waals surface area contributed by atoms with Gasteiger partial charge in [0.1, 0.15) is 12.1 Å². The van der Waals surface area contributed by atoms with Crippen LogP contribution in [0.2, 0.25) is 0 Å². The molecule has 21 heavy (non-hydrogen) atoms. The average molecular weight is 295 g/mol. The number of carbonyl (C=O) groups excluding carboxylic acids is 4. The molecule has 0 aliphatic heterocycles. The molecular formula is C15H21NO5. The summed E-state index contributed by atoms with van der Waals surface area (Å²) in [5, 5.41) is 0.828. The molecule has 0 spiro atoms. The average Bonchev–Trinajstić information content (AvgIpc) is 2.44. The molecule has 0 fully saturated rings. The summed E-state index contributed by atoms with van der Waals surface area (Å²) in [6, 6.07) is 0. The van der Waals surface area contributed by atoms with Gasteiger partial charge in [0.05, 0.1) is 6.42 Å². The van der Waals surface area contributed by atoms with Crippen molar-refractivity contribution in [3.8, 4) is 0 Å². The quantitative estimate of drug-likeness (QED) is 0.437. The Morgan fingerprint density at radius 1 is 1.43 bits per heavy atom. The third-order valence-corrected chi connectivity index (χ3v) is 3.32. The summed E-state index contributed by atoms with van der Waals surface area (Å²) in [5.41, 5.74) is 0. The Bertz CT molecular complexity index is 430. The first kappa shape index (κ1) is 17.1. The van der Waals surface area contributed by atoms with Crippen LogP contribution in [0.5, 0.6) is 0 Å². The maximum Gasteiger partial charge on any atom is 0.333 e. The Morgan fingerprint density at radius 3 is 2.90 bits per heavy atom. The van der Waals surface area contributed by atoms with E-state index in [4.69, 9.17) is 4.84 Å². The van der Waals surface area contributed by atoms with Gasteiger partial charge in [-0.2, -0.15) is 5.06 Å². The summed E-state index contributed by atoms with van der Waals surface area (Å²) in [6.45, 7) is 0. The number of carbonyl (C=O) groups is 4. The molecule has 0 aromatic carbocycles. The van der Waals surface area contributed by atoms with Crippen LogP contribution in [0.1, 0.15) is 44.9 Å². The normalized spacial score (nSPS) is 20.0. The lowest BCUT2D eigenvalue weighted by molar-refractivity contribution is -0.193. The number of rotatable bonds is 5. The van der Waals surface area contributed by atoms with E-state index in [-0.39, 0.29) is 31.0 Å². The van der Waals surface area contributed by atoms with Crippen LogP contribution < -0.4 is 0 Å². The summed E-state index contributed by atoms with van der Waals surface area (Å²) in [6.07, 6.45) is 7.29. The van der Waals surface area contributed by atoms with E-state index in [1.807, 2.05) is 12.2 Å². The lowest BCUT2D eigenvalue weighted by atomic mass is 9.91. The van der Waals surface area contributed by atoms with Crippen molar-refractivity contribution in [1.29, 1.82) is 0 Å². The summed E-state index contributed by atoms with van der Waals surface area (Å²) in [5.74, 6) is -1.37. The van der Waals surface area contributed by atoms with Crippen molar-refractivity contribution in [3.63, 3.8) is 0 Å². The highest BCUT2D eigenvalue weighted by molar-refractivity contribution is 5.86. The van der Waals surface area contributed by atoms with Gasteiger partial charge < -0.3 is 9.63 Å². The number of hydrogen-bond acceptors (Lipinski definition) is 5. The first-order valence-electron chi connectivity index (χ1n) is 7.13. The standard InChI is InChI=1S/C15H21NO5/c1-16(14(19)9-6-10-17)21-15(20)11-12-7-4-2-3-5-8-13(12)18/h2,4,10,12H,3,5-9,11H2,1H3/b4-2+. The molecule has 0 saturated heterocycles. The number of Topliss-reactive ketones (excluding diaryl/α,β-unsaturated/α-hetero) is 1. The van der Waals surface area contributed by atoms with Gasteiger partial charge in [0, 0.05) is 32.2 Å². The largest absolute Gasteiger partial charge is 0.338 e. The minimum absolute atomic E-state index is 0.00161. The molecule has 0 aromatic rings. The number of hydroxylamine groups is 2. The molecule has 0 saturated carbocycles. The van der Waals surface area contributed by atoms with E-state index >= 15 is 0 Å². The smallest absolute Gasteiger partial charge is 0.333 e. The molecule has 6 nitrogen and oxygen atoms in total. The van der Waals surface area contributed by atoms with Crippen LogP contribution in [-0.2, 0) is 24.0 Å². The SMILES string of the molecule is CN(OC(=O)CC1C/C=C/CCCC1=O)C(=O)CCC=O. The van der Waals surface area contributed by atoms with E-state index in [1.54, 1.807) is 0 Å². The van der Waals surface area contributed by atoms with Crippen LogP contribution in [0.15, 0.2) is 12.2 Å². The molecule has 1 aliphatic rings. The number of ketones is 1. The fraction of sp³-hybridized carbons (Fsp3) is 0.600. The zero-order valence-corrected chi connectivity index (χ0v) is 12.2. The van der Waals surface area contributed by atoms with Gasteiger partial charge in [-0.05, 0) is 19.3 Å². The van der Waals surface area contributed by atoms with Crippen molar-refractivity contribution >= 4 is 23.9 Å². The number of aldehydes is 1. The van der Waals surface area contributed by atoms with Crippen molar-refractivity contribution in [2.24, 2.45) is 5.92 Å². The predicted octanol–water partition coefficient (Wildman–Crippen LogP) is 1.59. The summed E-state index contributed by atoms with van der Waals surface area (Å²) < 4.78 is 0. The molecule has 0 heterocycles. The molecule has 0 N–H and O–H groups in total. The maximum atomic E-state index is 11.9. The van der Waals surface area contributed by atoms with Crippen LogP contribution >= 0.6 is 0 Å². The predicted molar refractivity (Wildman–Crippen MR) is 74.9 cm³/mol. The second kappa shape index (κ2) is 9.05. The summed E-state index contributed by atoms with van der Waals surface area (Å²) >= 11 is 0. The van der Waals surface area contributed by atoms with E-state index in [2.05, 4.69) is 0 Å². The molecule has 1 aliphatic carbocycles. The maximum absolute atomic E-state index is 11.9. The minimum atomic E-state index is -0.607. The Kier molecular flexibility index (Phi) is 7.36. The fourth-order valence-electron chi connectivity index (χ4n) is 2.09. The van der Waals surface area contributed by atoms with E-state index < -0.39 is 11.9 Å². The molecule has 116 valence electrons. The van der Waals surface area contributed by atoms with Gasteiger partial charge in [-0.25, -0.2) is 4.79 Å². The van der Waals surface area contributed by atoms with Crippen LogP contribution in [0.4, 0.5) is 0 Å². The van der Waals surface area contributed by atoms with E-state index in [0.717, 1.165) is 17.9 Å². The van der Waals surface area contributed by atoms with Crippen molar-refractivity contribution in [2.75, 3.05) is 7.05 Å². The molecule has 1 atom stereocenters. The Balaban J connectivity index is 2.45. The second-order valence-corrected chi connectivity index (χ2v) is 5.03. The van der Waals surface area contributed by atoms with Gasteiger partial charge in [-0.1, -0.05) is 12.2 Å². The van der Waals surface area contributed by atoms with E-state index in [0.29, 0.717) is 19.1 Å².